The lowest BCUT2D eigenvalue weighted by atomic mass is 9.68. The Morgan fingerprint density at radius 1 is 1.33 bits per heavy atom. The van der Waals surface area contributed by atoms with E-state index in [1.54, 1.807) is 6.07 Å². The maximum absolute atomic E-state index is 12.1. The van der Waals surface area contributed by atoms with Crippen molar-refractivity contribution in [2.24, 2.45) is 5.41 Å². The zero-order chi connectivity index (χ0) is 13.2. The normalized spacial score (nSPS) is 16.7. The lowest BCUT2D eigenvalue weighted by molar-refractivity contribution is -0.159. The highest BCUT2D eigenvalue weighted by atomic mass is 32.2. The monoisotopic (exact) mass is 265 g/mol. The summed E-state index contributed by atoms with van der Waals surface area (Å²) >= 11 is 1.52. The summed E-state index contributed by atoms with van der Waals surface area (Å²) in [5.74, 6) is -1.42. The van der Waals surface area contributed by atoms with Crippen LogP contribution >= 0.6 is 11.8 Å². The number of benzene rings is 1. The molecule has 4 nitrogen and oxygen atoms in total. The van der Waals surface area contributed by atoms with Crippen LogP contribution in [0.4, 0.5) is 5.69 Å². The summed E-state index contributed by atoms with van der Waals surface area (Å²) in [6.07, 6.45) is 3.57. The molecule has 0 atom stereocenters. The molecule has 0 aromatic heterocycles. The number of carboxylic acids is 1. The number of amides is 1. The largest absolute Gasteiger partial charge is 0.480 e. The van der Waals surface area contributed by atoms with Gasteiger partial charge in [-0.15, -0.1) is 11.8 Å². The molecule has 96 valence electrons. The Morgan fingerprint density at radius 3 is 2.50 bits per heavy atom. The molecule has 1 saturated carbocycles. The summed E-state index contributed by atoms with van der Waals surface area (Å²) < 4.78 is 0. The molecule has 0 saturated heterocycles. The second kappa shape index (κ2) is 5.02. The second-order valence-electron chi connectivity index (χ2n) is 4.40. The van der Waals surface area contributed by atoms with Gasteiger partial charge in [0.15, 0.2) is 0 Å². The standard InChI is InChI=1S/C13H15NO3S/c1-18-10-6-3-2-5-9(10)14-11(15)13(12(16)17)7-4-8-13/h2-3,5-6H,4,7-8H2,1H3,(H,14,15)(H,16,17). The fraction of sp³-hybridized carbons (Fsp3) is 0.385. The van der Waals surface area contributed by atoms with Crippen molar-refractivity contribution >= 4 is 29.3 Å². The fourth-order valence-corrected chi connectivity index (χ4v) is 2.61. The zero-order valence-electron chi connectivity index (χ0n) is 10.1. The van der Waals surface area contributed by atoms with Gasteiger partial charge in [-0.05, 0) is 31.2 Å². The van der Waals surface area contributed by atoms with E-state index in [9.17, 15) is 14.7 Å². The van der Waals surface area contributed by atoms with Gasteiger partial charge < -0.3 is 10.4 Å². The van der Waals surface area contributed by atoms with Gasteiger partial charge in [-0.25, -0.2) is 0 Å². The van der Waals surface area contributed by atoms with Gasteiger partial charge in [-0.3, -0.25) is 9.59 Å². The third kappa shape index (κ3) is 2.10. The minimum Gasteiger partial charge on any atom is -0.480 e. The molecule has 1 aromatic carbocycles. The molecular weight excluding hydrogens is 250 g/mol. The number of carbonyl (C=O) groups is 2. The first-order valence-corrected chi connectivity index (χ1v) is 7.00. The maximum Gasteiger partial charge on any atom is 0.319 e. The van der Waals surface area contributed by atoms with Crippen molar-refractivity contribution in [2.45, 2.75) is 24.2 Å². The van der Waals surface area contributed by atoms with Crippen molar-refractivity contribution in [1.82, 2.24) is 0 Å². The first-order chi connectivity index (χ1) is 8.60. The molecule has 2 N–H and O–H groups in total. The van der Waals surface area contributed by atoms with E-state index < -0.39 is 17.3 Å². The molecule has 0 spiro atoms. The van der Waals surface area contributed by atoms with Crippen LogP contribution in [0.1, 0.15) is 19.3 Å². The number of rotatable bonds is 4. The average molecular weight is 265 g/mol. The van der Waals surface area contributed by atoms with Gasteiger partial charge in [0.1, 0.15) is 5.41 Å². The maximum atomic E-state index is 12.1. The number of carbonyl (C=O) groups excluding carboxylic acids is 1. The van der Waals surface area contributed by atoms with Crippen molar-refractivity contribution < 1.29 is 14.7 Å². The van der Waals surface area contributed by atoms with Crippen LogP contribution in [0.3, 0.4) is 0 Å². The number of carboxylic acid groups (broad SMARTS) is 1. The molecule has 1 aromatic rings. The SMILES string of the molecule is CSc1ccccc1NC(=O)C1(C(=O)O)CCC1. The number of para-hydroxylation sites is 1. The number of thioether (sulfide) groups is 1. The Bertz CT molecular complexity index is 483. The van der Waals surface area contributed by atoms with Crippen LogP contribution in [0.15, 0.2) is 29.2 Å². The number of anilines is 1. The van der Waals surface area contributed by atoms with Crippen LogP contribution < -0.4 is 5.32 Å². The third-order valence-electron chi connectivity index (χ3n) is 3.41. The lowest BCUT2D eigenvalue weighted by Crippen LogP contribution is -2.48. The lowest BCUT2D eigenvalue weighted by Gasteiger charge is -2.35. The van der Waals surface area contributed by atoms with E-state index in [1.165, 1.54) is 11.8 Å². The van der Waals surface area contributed by atoms with Gasteiger partial charge in [0.05, 0.1) is 5.69 Å². The summed E-state index contributed by atoms with van der Waals surface area (Å²) in [6, 6.07) is 7.40. The van der Waals surface area contributed by atoms with E-state index in [1.807, 2.05) is 24.5 Å². The average Bonchev–Trinajstić information content (AvgIpc) is 2.27. The summed E-state index contributed by atoms with van der Waals surface area (Å²) in [5, 5.41) is 11.9. The molecular formula is C13H15NO3S. The minimum absolute atomic E-state index is 0.400. The quantitative estimate of drug-likeness (QED) is 0.648. The van der Waals surface area contributed by atoms with E-state index in [0.717, 1.165) is 11.3 Å². The predicted molar refractivity (Wildman–Crippen MR) is 70.8 cm³/mol. The van der Waals surface area contributed by atoms with Crippen LogP contribution in [-0.4, -0.2) is 23.2 Å². The molecule has 5 heteroatoms. The molecule has 0 heterocycles. The number of hydrogen-bond donors (Lipinski definition) is 2. The smallest absolute Gasteiger partial charge is 0.319 e. The molecule has 0 bridgehead atoms. The Kier molecular flexibility index (Phi) is 3.61. The van der Waals surface area contributed by atoms with Crippen molar-refractivity contribution in [2.75, 3.05) is 11.6 Å². The second-order valence-corrected chi connectivity index (χ2v) is 5.24. The summed E-state index contributed by atoms with van der Waals surface area (Å²) in [6.45, 7) is 0. The summed E-state index contributed by atoms with van der Waals surface area (Å²) in [4.78, 5) is 24.3. The van der Waals surface area contributed by atoms with Crippen LogP contribution in [0.2, 0.25) is 0 Å². The molecule has 1 aliphatic rings. The Balaban J connectivity index is 2.19. The molecule has 2 rings (SSSR count). The fourth-order valence-electron chi connectivity index (χ4n) is 2.06. The predicted octanol–water partition coefficient (Wildman–Crippen LogP) is 2.60. The van der Waals surface area contributed by atoms with Crippen LogP contribution in [0.25, 0.3) is 0 Å². The van der Waals surface area contributed by atoms with Gasteiger partial charge in [-0.2, -0.15) is 0 Å². The molecule has 18 heavy (non-hydrogen) atoms. The van der Waals surface area contributed by atoms with Gasteiger partial charge in [0.25, 0.3) is 0 Å². The highest BCUT2D eigenvalue weighted by Crippen LogP contribution is 2.42. The van der Waals surface area contributed by atoms with Gasteiger partial charge in [-0.1, -0.05) is 18.6 Å². The molecule has 0 aliphatic heterocycles. The topological polar surface area (TPSA) is 66.4 Å². The summed E-state index contributed by atoms with van der Waals surface area (Å²) in [7, 11) is 0. The van der Waals surface area contributed by atoms with Crippen molar-refractivity contribution in [3.8, 4) is 0 Å². The number of nitrogens with one attached hydrogen (secondary N) is 1. The molecule has 1 amide bonds. The Hall–Kier alpha value is -1.49. The number of aliphatic carboxylic acids is 1. The number of hydrogen-bond acceptors (Lipinski definition) is 3. The van der Waals surface area contributed by atoms with Gasteiger partial charge in [0, 0.05) is 4.90 Å². The Morgan fingerprint density at radius 2 is 2.00 bits per heavy atom. The van der Waals surface area contributed by atoms with Crippen LogP contribution in [-0.2, 0) is 9.59 Å². The molecule has 1 aliphatic carbocycles. The van der Waals surface area contributed by atoms with Crippen LogP contribution in [0, 0.1) is 5.41 Å². The summed E-state index contributed by atoms with van der Waals surface area (Å²) in [5.41, 5.74) is -0.534. The zero-order valence-corrected chi connectivity index (χ0v) is 10.9. The molecule has 0 radical (unpaired) electrons. The van der Waals surface area contributed by atoms with E-state index in [2.05, 4.69) is 5.32 Å². The molecule has 1 fully saturated rings. The highest BCUT2D eigenvalue weighted by molar-refractivity contribution is 7.98. The first-order valence-electron chi connectivity index (χ1n) is 5.78. The van der Waals surface area contributed by atoms with E-state index in [0.29, 0.717) is 18.5 Å². The van der Waals surface area contributed by atoms with Gasteiger partial charge in [0.2, 0.25) is 5.91 Å². The van der Waals surface area contributed by atoms with E-state index in [-0.39, 0.29) is 0 Å². The highest BCUT2D eigenvalue weighted by Gasteiger charge is 2.51. The van der Waals surface area contributed by atoms with Crippen molar-refractivity contribution in [3.05, 3.63) is 24.3 Å². The van der Waals surface area contributed by atoms with Crippen molar-refractivity contribution in [1.29, 1.82) is 0 Å². The van der Waals surface area contributed by atoms with Crippen LogP contribution in [0.5, 0.6) is 0 Å². The van der Waals surface area contributed by atoms with E-state index in [4.69, 9.17) is 0 Å². The Labute approximate surface area is 110 Å². The molecule has 0 unspecified atom stereocenters. The van der Waals surface area contributed by atoms with Crippen molar-refractivity contribution in [3.63, 3.8) is 0 Å². The van der Waals surface area contributed by atoms with E-state index >= 15 is 0 Å². The first kappa shape index (κ1) is 13.0. The third-order valence-corrected chi connectivity index (χ3v) is 4.20. The minimum atomic E-state index is -1.22. The van der Waals surface area contributed by atoms with Gasteiger partial charge >= 0.3 is 5.97 Å².